The van der Waals surface area contributed by atoms with Crippen molar-refractivity contribution in [3.05, 3.63) is 38.7 Å². The molecule has 0 saturated carbocycles. The summed E-state index contributed by atoms with van der Waals surface area (Å²) in [6.45, 7) is 0. The summed E-state index contributed by atoms with van der Waals surface area (Å²) in [4.78, 5) is 8.67. The van der Waals surface area contributed by atoms with Crippen molar-refractivity contribution in [2.24, 2.45) is 0 Å². The van der Waals surface area contributed by atoms with Gasteiger partial charge in [0.1, 0.15) is 0 Å². The van der Waals surface area contributed by atoms with Crippen molar-refractivity contribution >= 4 is 17.3 Å². The SMILES string of the molecule is O=[N+]([O-])c1c(F)c(F)cc(Cl)c1F. The highest BCUT2D eigenvalue weighted by molar-refractivity contribution is 6.31. The van der Waals surface area contributed by atoms with Crippen molar-refractivity contribution in [1.82, 2.24) is 0 Å². The highest BCUT2D eigenvalue weighted by Gasteiger charge is 2.27. The van der Waals surface area contributed by atoms with Gasteiger partial charge in [-0.1, -0.05) is 11.6 Å². The van der Waals surface area contributed by atoms with Gasteiger partial charge in [-0.2, -0.15) is 8.78 Å². The maximum atomic E-state index is 12.7. The Hall–Kier alpha value is -1.30. The molecule has 0 atom stereocenters. The predicted molar refractivity (Wildman–Crippen MR) is 38.0 cm³/mol. The van der Waals surface area contributed by atoms with E-state index in [9.17, 15) is 23.3 Å². The summed E-state index contributed by atoms with van der Waals surface area (Å²) in [6, 6.07) is 0.333. The molecule has 0 aromatic heterocycles. The molecular weight excluding hydrogens is 211 g/mol. The average Bonchev–Trinajstić information content (AvgIpc) is 2.01. The van der Waals surface area contributed by atoms with Gasteiger partial charge in [0.05, 0.1) is 9.95 Å². The van der Waals surface area contributed by atoms with E-state index in [-0.39, 0.29) is 0 Å². The van der Waals surface area contributed by atoms with E-state index in [1.807, 2.05) is 0 Å². The van der Waals surface area contributed by atoms with Gasteiger partial charge in [0.15, 0.2) is 5.82 Å². The zero-order chi connectivity index (χ0) is 10.2. The van der Waals surface area contributed by atoms with E-state index in [1.54, 1.807) is 0 Å². The van der Waals surface area contributed by atoms with Gasteiger partial charge in [-0.25, -0.2) is 4.39 Å². The van der Waals surface area contributed by atoms with Crippen molar-refractivity contribution in [2.75, 3.05) is 0 Å². The van der Waals surface area contributed by atoms with Crippen LogP contribution in [-0.4, -0.2) is 4.92 Å². The Kier molecular flexibility index (Phi) is 2.42. The van der Waals surface area contributed by atoms with Crippen molar-refractivity contribution in [2.45, 2.75) is 0 Å². The van der Waals surface area contributed by atoms with Crippen LogP contribution < -0.4 is 0 Å². The lowest BCUT2D eigenvalue weighted by atomic mass is 10.3. The van der Waals surface area contributed by atoms with Crippen LogP contribution in [0.1, 0.15) is 0 Å². The van der Waals surface area contributed by atoms with Crippen molar-refractivity contribution in [3.63, 3.8) is 0 Å². The Morgan fingerprint density at radius 3 is 2.31 bits per heavy atom. The van der Waals surface area contributed by atoms with Gasteiger partial charge >= 0.3 is 5.69 Å². The van der Waals surface area contributed by atoms with Gasteiger partial charge in [0, 0.05) is 0 Å². The molecule has 0 N–H and O–H groups in total. The Balaban J connectivity index is 3.56. The third-order valence-corrected chi connectivity index (χ3v) is 1.55. The van der Waals surface area contributed by atoms with Crippen LogP contribution in [0.4, 0.5) is 18.9 Å². The van der Waals surface area contributed by atoms with E-state index in [0.717, 1.165) is 0 Å². The Morgan fingerprint density at radius 1 is 1.31 bits per heavy atom. The van der Waals surface area contributed by atoms with Crippen LogP contribution in [0.2, 0.25) is 5.02 Å². The highest BCUT2D eigenvalue weighted by Crippen LogP contribution is 2.29. The summed E-state index contributed by atoms with van der Waals surface area (Å²) in [5.41, 5.74) is -1.58. The van der Waals surface area contributed by atoms with Crippen LogP contribution in [0, 0.1) is 27.6 Å². The van der Waals surface area contributed by atoms with Crippen LogP contribution in [0.3, 0.4) is 0 Å². The summed E-state index contributed by atoms with van der Waals surface area (Å²) in [5, 5.41) is 9.22. The summed E-state index contributed by atoms with van der Waals surface area (Å²) in [5.74, 6) is -4.99. The molecule has 0 bridgehead atoms. The fraction of sp³-hybridized carbons (Fsp3) is 0. The van der Waals surface area contributed by atoms with Crippen LogP contribution in [0.25, 0.3) is 0 Å². The van der Waals surface area contributed by atoms with Crippen molar-refractivity contribution < 1.29 is 18.1 Å². The lowest BCUT2D eigenvalue weighted by Crippen LogP contribution is -2.00. The van der Waals surface area contributed by atoms with Gasteiger partial charge in [0.2, 0.25) is 11.6 Å². The smallest absolute Gasteiger partial charge is 0.258 e. The quantitative estimate of drug-likeness (QED) is 0.407. The molecule has 1 aromatic carbocycles. The molecule has 1 rings (SSSR count). The number of nitro groups is 1. The first kappa shape index (κ1) is 9.79. The van der Waals surface area contributed by atoms with E-state index >= 15 is 0 Å². The summed E-state index contributed by atoms with van der Waals surface area (Å²) in [6.07, 6.45) is 0. The zero-order valence-corrected chi connectivity index (χ0v) is 6.61. The number of hydrogen-bond donors (Lipinski definition) is 0. The van der Waals surface area contributed by atoms with E-state index in [4.69, 9.17) is 11.6 Å². The normalized spacial score (nSPS) is 10.2. The summed E-state index contributed by atoms with van der Waals surface area (Å²) >= 11 is 5.05. The monoisotopic (exact) mass is 211 g/mol. The Labute approximate surface area is 74.9 Å². The molecule has 3 nitrogen and oxygen atoms in total. The fourth-order valence-electron chi connectivity index (χ4n) is 0.721. The van der Waals surface area contributed by atoms with Crippen LogP contribution >= 0.6 is 11.6 Å². The summed E-state index contributed by atoms with van der Waals surface area (Å²) < 4.78 is 37.7. The number of nitro benzene ring substituents is 1. The Morgan fingerprint density at radius 2 is 1.85 bits per heavy atom. The molecule has 0 aliphatic heterocycles. The second-order valence-electron chi connectivity index (χ2n) is 2.07. The van der Waals surface area contributed by atoms with E-state index in [1.165, 1.54) is 0 Å². The molecule has 70 valence electrons. The van der Waals surface area contributed by atoms with E-state index in [2.05, 4.69) is 0 Å². The first-order valence-corrected chi connectivity index (χ1v) is 3.30. The molecule has 0 fully saturated rings. The minimum absolute atomic E-state index is 0.333. The summed E-state index contributed by atoms with van der Waals surface area (Å²) in [7, 11) is 0. The van der Waals surface area contributed by atoms with Crippen LogP contribution in [0.15, 0.2) is 6.07 Å². The first-order valence-electron chi connectivity index (χ1n) is 2.92. The molecule has 7 heteroatoms. The molecule has 0 unspecified atom stereocenters. The number of hydrogen-bond acceptors (Lipinski definition) is 2. The zero-order valence-electron chi connectivity index (χ0n) is 5.85. The number of nitrogens with zero attached hydrogens (tertiary/aromatic N) is 1. The van der Waals surface area contributed by atoms with Gasteiger partial charge in [-0.05, 0) is 6.07 Å². The third-order valence-electron chi connectivity index (χ3n) is 1.27. The van der Waals surface area contributed by atoms with Crippen molar-refractivity contribution in [3.8, 4) is 0 Å². The van der Waals surface area contributed by atoms with Crippen molar-refractivity contribution in [1.29, 1.82) is 0 Å². The second-order valence-corrected chi connectivity index (χ2v) is 2.48. The molecule has 0 aliphatic carbocycles. The van der Waals surface area contributed by atoms with Gasteiger partial charge in [0.25, 0.3) is 0 Å². The first-order chi connectivity index (χ1) is 5.95. The molecule has 13 heavy (non-hydrogen) atoms. The second kappa shape index (κ2) is 3.21. The van der Waals surface area contributed by atoms with E-state index in [0.29, 0.717) is 6.07 Å². The van der Waals surface area contributed by atoms with Crippen LogP contribution in [0.5, 0.6) is 0 Å². The molecule has 0 saturated heterocycles. The highest BCUT2D eigenvalue weighted by atomic mass is 35.5. The average molecular weight is 212 g/mol. The molecule has 0 heterocycles. The number of benzene rings is 1. The topological polar surface area (TPSA) is 43.1 Å². The number of halogens is 4. The molecular formula is C6HClF3NO2. The molecule has 0 spiro atoms. The van der Waals surface area contributed by atoms with Crippen LogP contribution in [-0.2, 0) is 0 Å². The molecule has 0 amide bonds. The van der Waals surface area contributed by atoms with Gasteiger partial charge < -0.3 is 0 Å². The fourth-order valence-corrected chi connectivity index (χ4v) is 0.906. The number of rotatable bonds is 1. The maximum absolute atomic E-state index is 12.7. The lowest BCUT2D eigenvalue weighted by molar-refractivity contribution is -0.390. The van der Waals surface area contributed by atoms with Gasteiger partial charge in [-0.3, -0.25) is 10.1 Å². The Bertz CT molecular complexity index is 356. The molecule has 0 aliphatic rings. The largest absolute Gasteiger partial charge is 0.344 e. The minimum Gasteiger partial charge on any atom is -0.258 e. The molecule has 0 radical (unpaired) electrons. The maximum Gasteiger partial charge on any atom is 0.344 e. The van der Waals surface area contributed by atoms with E-state index < -0.39 is 33.1 Å². The minimum atomic E-state index is -1.85. The van der Waals surface area contributed by atoms with Gasteiger partial charge in [-0.15, -0.1) is 0 Å². The lowest BCUT2D eigenvalue weighted by Gasteiger charge is -1.98. The standard InChI is InChI=1S/C6HClF3NO2/c7-2-1-3(8)5(10)6(4(2)9)11(12)13/h1H. The molecule has 1 aromatic rings. The predicted octanol–water partition coefficient (Wildman–Crippen LogP) is 2.67. The third kappa shape index (κ3) is 1.57.